The van der Waals surface area contributed by atoms with Crippen molar-refractivity contribution < 1.29 is 9.53 Å². The maximum Gasteiger partial charge on any atom is 0.224 e. The summed E-state index contributed by atoms with van der Waals surface area (Å²) in [7, 11) is 0. The van der Waals surface area contributed by atoms with Gasteiger partial charge in [0.15, 0.2) is 0 Å². The Hall–Kier alpha value is -1.92. The number of ether oxygens (including phenoxy) is 1. The number of benzene rings is 1. The van der Waals surface area contributed by atoms with Crippen LogP contribution in [0.1, 0.15) is 63.1 Å². The summed E-state index contributed by atoms with van der Waals surface area (Å²) in [6, 6.07) is 6.34. The molecule has 0 bridgehead atoms. The second kappa shape index (κ2) is 9.29. The van der Waals surface area contributed by atoms with Gasteiger partial charge in [-0.2, -0.15) is 0 Å². The lowest BCUT2D eigenvalue weighted by molar-refractivity contribution is -0.135. The number of hydrogen-bond acceptors (Lipinski definition) is 5. The summed E-state index contributed by atoms with van der Waals surface area (Å²) in [4.78, 5) is 27.2. The molecule has 5 rings (SSSR count). The summed E-state index contributed by atoms with van der Waals surface area (Å²) >= 11 is 6.30. The molecule has 31 heavy (non-hydrogen) atoms. The Labute approximate surface area is 188 Å². The van der Waals surface area contributed by atoms with E-state index in [9.17, 15) is 4.79 Å². The Kier molecular flexibility index (Phi) is 6.28. The number of morpholine rings is 1. The van der Waals surface area contributed by atoms with Crippen LogP contribution in [0, 0.1) is 0 Å². The molecule has 7 heteroatoms. The normalized spacial score (nSPS) is 20.2. The first kappa shape index (κ1) is 21.0. The molecule has 0 radical (unpaired) electrons. The number of rotatable bonds is 6. The van der Waals surface area contributed by atoms with Gasteiger partial charge in [0.25, 0.3) is 0 Å². The zero-order valence-corrected chi connectivity index (χ0v) is 18.8. The molecule has 1 aromatic heterocycles. The van der Waals surface area contributed by atoms with E-state index in [1.54, 1.807) is 0 Å². The third kappa shape index (κ3) is 4.80. The molecule has 1 aromatic carbocycles. The maximum absolute atomic E-state index is 12.9. The third-order valence-electron chi connectivity index (χ3n) is 6.82. The van der Waals surface area contributed by atoms with E-state index in [-0.39, 0.29) is 5.91 Å². The predicted molar refractivity (Wildman–Crippen MR) is 123 cm³/mol. The number of carbonyl (C=O) groups is 1. The van der Waals surface area contributed by atoms with E-state index in [2.05, 4.69) is 4.90 Å². The zero-order valence-electron chi connectivity index (χ0n) is 18.1. The molecule has 0 unspecified atom stereocenters. The Morgan fingerprint density at radius 2 is 1.87 bits per heavy atom. The van der Waals surface area contributed by atoms with Crippen molar-refractivity contribution in [1.29, 1.82) is 0 Å². The van der Waals surface area contributed by atoms with Crippen molar-refractivity contribution >= 4 is 34.2 Å². The standard InChI is InChI=1S/C24H31ClN4O2/c25-18-8-9-20-21(16-18)26-23(17-6-7-17)27-24(20)29(19-4-2-1-3-5-19)11-10-22(30)28-12-14-31-15-13-28/h8-9,16-17,19H,1-7,10-15H2. The van der Waals surface area contributed by atoms with E-state index in [0.717, 1.165) is 48.2 Å². The van der Waals surface area contributed by atoms with Crippen LogP contribution >= 0.6 is 11.6 Å². The fraction of sp³-hybridized carbons (Fsp3) is 0.625. The van der Waals surface area contributed by atoms with Gasteiger partial charge in [0.1, 0.15) is 11.6 Å². The molecule has 1 saturated heterocycles. The second-order valence-electron chi connectivity index (χ2n) is 9.07. The number of anilines is 1. The Morgan fingerprint density at radius 1 is 1.10 bits per heavy atom. The van der Waals surface area contributed by atoms with Crippen LogP contribution in [0.4, 0.5) is 5.82 Å². The summed E-state index contributed by atoms with van der Waals surface area (Å²) in [5.74, 6) is 2.61. The maximum atomic E-state index is 12.9. The second-order valence-corrected chi connectivity index (χ2v) is 9.51. The molecule has 1 aliphatic heterocycles. The number of fused-ring (bicyclic) bond motifs is 1. The van der Waals surface area contributed by atoms with E-state index in [4.69, 9.17) is 26.3 Å². The van der Waals surface area contributed by atoms with Gasteiger partial charge in [-0.05, 0) is 43.9 Å². The van der Waals surface area contributed by atoms with Crippen LogP contribution < -0.4 is 4.90 Å². The summed E-state index contributed by atoms with van der Waals surface area (Å²) in [6.45, 7) is 3.37. The van der Waals surface area contributed by atoms with Crippen LogP contribution in [0.15, 0.2) is 18.2 Å². The molecule has 2 heterocycles. The highest BCUT2D eigenvalue weighted by molar-refractivity contribution is 6.31. The molecule has 6 nitrogen and oxygen atoms in total. The molecule has 3 aliphatic rings. The molecule has 0 N–H and O–H groups in total. The van der Waals surface area contributed by atoms with Crippen LogP contribution in [0.2, 0.25) is 5.02 Å². The van der Waals surface area contributed by atoms with Crippen LogP contribution in [0.25, 0.3) is 10.9 Å². The largest absolute Gasteiger partial charge is 0.378 e. The fourth-order valence-electron chi connectivity index (χ4n) is 4.89. The topological polar surface area (TPSA) is 58.6 Å². The van der Waals surface area contributed by atoms with Crippen LogP contribution in [0.3, 0.4) is 0 Å². The van der Waals surface area contributed by atoms with Crippen LogP contribution in [-0.4, -0.2) is 59.7 Å². The molecule has 0 spiro atoms. The minimum Gasteiger partial charge on any atom is -0.378 e. The summed E-state index contributed by atoms with van der Waals surface area (Å²) in [5, 5.41) is 1.74. The minimum absolute atomic E-state index is 0.216. The average molecular weight is 443 g/mol. The van der Waals surface area contributed by atoms with E-state index >= 15 is 0 Å². The molecular formula is C24H31ClN4O2. The zero-order chi connectivity index (χ0) is 21.2. The van der Waals surface area contributed by atoms with Gasteiger partial charge in [-0.15, -0.1) is 0 Å². The van der Waals surface area contributed by atoms with Gasteiger partial charge in [0, 0.05) is 48.4 Å². The molecule has 3 fully saturated rings. The van der Waals surface area contributed by atoms with Crippen molar-refractivity contribution in [3.05, 3.63) is 29.0 Å². The monoisotopic (exact) mass is 442 g/mol. The summed E-state index contributed by atoms with van der Waals surface area (Å²) in [6.07, 6.45) is 8.91. The van der Waals surface area contributed by atoms with Gasteiger partial charge in [-0.3, -0.25) is 4.79 Å². The minimum atomic E-state index is 0.216. The Balaban J connectivity index is 1.46. The number of carbonyl (C=O) groups excluding carboxylic acids is 1. The molecule has 2 aromatic rings. The first-order valence-electron chi connectivity index (χ1n) is 11.8. The van der Waals surface area contributed by atoms with Gasteiger partial charge in [-0.1, -0.05) is 30.9 Å². The SMILES string of the molecule is O=C(CCN(c1nc(C2CC2)nc2cc(Cl)ccc12)C1CCCCC1)N1CCOCC1. The van der Waals surface area contributed by atoms with Crippen molar-refractivity contribution in [2.24, 2.45) is 0 Å². The van der Waals surface area contributed by atoms with Gasteiger partial charge in [0.2, 0.25) is 5.91 Å². The van der Waals surface area contributed by atoms with Gasteiger partial charge in [-0.25, -0.2) is 9.97 Å². The number of amides is 1. The van der Waals surface area contributed by atoms with E-state index in [0.29, 0.717) is 56.3 Å². The highest BCUT2D eigenvalue weighted by atomic mass is 35.5. The van der Waals surface area contributed by atoms with Gasteiger partial charge in [0.05, 0.1) is 18.7 Å². The number of halogens is 1. The lowest BCUT2D eigenvalue weighted by Gasteiger charge is -2.36. The number of nitrogens with zero attached hydrogens (tertiary/aromatic N) is 4. The first-order chi connectivity index (χ1) is 15.2. The molecular weight excluding hydrogens is 412 g/mol. The molecule has 2 aliphatic carbocycles. The van der Waals surface area contributed by atoms with Gasteiger partial charge >= 0.3 is 0 Å². The highest BCUT2D eigenvalue weighted by Crippen LogP contribution is 2.41. The van der Waals surface area contributed by atoms with Crippen molar-refractivity contribution in [3.8, 4) is 0 Å². The van der Waals surface area contributed by atoms with E-state index in [1.807, 2.05) is 23.1 Å². The summed E-state index contributed by atoms with van der Waals surface area (Å²) in [5.41, 5.74) is 0.916. The molecule has 1 amide bonds. The number of hydrogen-bond donors (Lipinski definition) is 0. The lowest BCUT2D eigenvalue weighted by atomic mass is 9.93. The van der Waals surface area contributed by atoms with Crippen molar-refractivity contribution in [2.45, 2.75) is 63.3 Å². The molecule has 0 atom stereocenters. The smallest absolute Gasteiger partial charge is 0.224 e. The molecule has 2 saturated carbocycles. The Morgan fingerprint density at radius 3 is 2.61 bits per heavy atom. The Bertz CT molecular complexity index is 937. The quantitative estimate of drug-likeness (QED) is 0.656. The molecule has 166 valence electrons. The average Bonchev–Trinajstić information content (AvgIpc) is 3.65. The fourth-order valence-corrected chi connectivity index (χ4v) is 5.05. The van der Waals surface area contributed by atoms with Crippen LogP contribution in [-0.2, 0) is 9.53 Å². The third-order valence-corrected chi connectivity index (χ3v) is 7.05. The van der Waals surface area contributed by atoms with Crippen LogP contribution in [0.5, 0.6) is 0 Å². The van der Waals surface area contributed by atoms with Gasteiger partial charge < -0.3 is 14.5 Å². The first-order valence-corrected chi connectivity index (χ1v) is 12.2. The lowest BCUT2D eigenvalue weighted by Crippen LogP contribution is -2.44. The number of aromatic nitrogens is 2. The van der Waals surface area contributed by atoms with E-state index in [1.165, 1.54) is 19.3 Å². The van der Waals surface area contributed by atoms with Crippen molar-refractivity contribution in [1.82, 2.24) is 14.9 Å². The van der Waals surface area contributed by atoms with Crippen molar-refractivity contribution in [2.75, 3.05) is 37.7 Å². The summed E-state index contributed by atoms with van der Waals surface area (Å²) < 4.78 is 5.41. The van der Waals surface area contributed by atoms with Crippen molar-refractivity contribution in [3.63, 3.8) is 0 Å². The predicted octanol–water partition coefficient (Wildman–Crippen LogP) is 4.55. The van der Waals surface area contributed by atoms with E-state index < -0.39 is 0 Å². The highest BCUT2D eigenvalue weighted by Gasteiger charge is 2.31.